The Morgan fingerprint density at radius 1 is 0.717 bits per heavy atom. The van der Waals surface area contributed by atoms with E-state index in [1.54, 1.807) is 36.7 Å². The van der Waals surface area contributed by atoms with Crippen molar-refractivity contribution in [3.8, 4) is 0 Å². The van der Waals surface area contributed by atoms with Crippen molar-refractivity contribution >= 4 is 76.7 Å². The number of hydrogen-bond acceptors (Lipinski definition) is 9. The predicted octanol–water partition coefficient (Wildman–Crippen LogP) is 7.35. The average molecular weight is 857 g/mol. The van der Waals surface area contributed by atoms with Crippen LogP contribution in [0.5, 0.6) is 0 Å². The molecule has 0 N–H and O–H groups in total. The fraction of sp³-hybridized carbons (Fsp3) is 0.154. The van der Waals surface area contributed by atoms with Crippen LogP contribution in [0.1, 0.15) is 47.7 Å². The molecule has 5 heterocycles. The van der Waals surface area contributed by atoms with Crippen LogP contribution in [0.15, 0.2) is 116 Å². The zero-order valence-corrected chi connectivity index (χ0v) is 33.0. The lowest BCUT2D eigenvalue weighted by Gasteiger charge is -2.16. The number of fused-ring (bicyclic) bond motifs is 2. The Labute approximate surface area is 324 Å². The highest BCUT2D eigenvalue weighted by Crippen LogP contribution is 2.21. The Kier molecular flexibility index (Phi) is 11.5. The van der Waals surface area contributed by atoms with Crippen LogP contribution in [-0.2, 0) is 17.9 Å². The molecule has 7 aromatic rings. The second-order valence-corrected chi connectivity index (χ2v) is 14.7. The predicted molar refractivity (Wildman–Crippen MR) is 213 cm³/mol. The summed E-state index contributed by atoms with van der Waals surface area (Å²) in [6.45, 7) is 4.65. The van der Waals surface area contributed by atoms with Crippen molar-refractivity contribution in [1.29, 1.82) is 0 Å². The Morgan fingerprint density at radius 3 is 1.68 bits per heavy atom. The van der Waals surface area contributed by atoms with Crippen LogP contribution < -0.4 is 10.9 Å². The molecule has 0 bridgehead atoms. The number of halogens is 2. The Balaban J connectivity index is 0.000000183. The molecule has 1 amide bonds. The third-order valence-electron chi connectivity index (χ3n) is 8.44. The van der Waals surface area contributed by atoms with Crippen molar-refractivity contribution in [2.45, 2.75) is 26.9 Å². The molecule has 0 aliphatic rings. The van der Waals surface area contributed by atoms with Gasteiger partial charge >= 0.3 is 0 Å². The molecule has 5 aromatic heterocycles. The first kappa shape index (κ1) is 37.6. The number of para-hydroxylation sites is 2. The highest BCUT2D eigenvalue weighted by molar-refractivity contribution is 9.10. The molecule has 0 saturated heterocycles. The lowest BCUT2D eigenvalue weighted by atomic mass is 10.1. The van der Waals surface area contributed by atoms with Crippen LogP contribution in [0.3, 0.4) is 0 Å². The second-order valence-electron chi connectivity index (χ2n) is 11.9. The van der Waals surface area contributed by atoms with Crippen molar-refractivity contribution in [1.82, 2.24) is 29.1 Å². The van der Waals surface area contributed by atoms with E-state index < -0.39 is 5.91 Å². The molecule has 0 unspecified atom stereocenters. The number of benzene rings is 2. The van der Waals surface area contributed by atoms with E-state index in [-0.39, 0.29) is 27.8 Å². The van der Waals surface area contributed by atoms with Gasteiger partial charge in [0.05, 0.1) is 53.9 Å². The quantitative estimate of drug-likeness (QED) is 0.0882. The first-order valence-corrected chi connectivity index (χ1v) is 18.6. The number of nitrogens with zero attached hydrogens (tertiary/aromatic N) is 6. The molecule has 11 nitrogen and oxygen atoms in total. The van der Waals surface area contributed by atoms with Gasteiger partial charge in [-0.15, -0.1) is 11.3 Å². The molecule has 53 heavy (non-hydrogen) atoms. The third kappa shape index (κ3) is 8.25. The molecule has 14 heteroatoms. The van der Waals surface area contributed by atoms with Gasteiger partial charge in [-0.1, -0.05) is 36.4 Å². The number of thiazole rings is 1. The highest BCUT2D eigenvalue weighted by atomic mass is 79.9. The molecule has 7 rings (SSSR count). The first-order valence-electron chi connectivity index (χ1n) is 16.2. The van der Waals surface area contributed by atoms with Crippen LogP contribution in [0.2, 0.25) is 0 Å². The standard InChI is InChI=1S/C21H16BrN3O2S.C18H16BrN3O3/c1-12-13(2)28-21(23-12)20(27)16-11-25(10-14-6-5-9-18(22)24-14)17-8-4-3-7-15(17)19(16)26;1-21(25-2)18(24)14-11-22(10-12-6-5-9-16(19)20-12)15-8-4-3-7-13(15)17(14)23/h3-9,11H,10H2,1-2H3;3-9,11H,10H2,1-2H3. The summed E-state index contributed by atoms with van der Waals surface area (Å²) in [4.78, 5) is 70.4. The van der Waals surface area contributed by atoms with Gasteiger partial charge in [0, 0.05) is 35.1 Å². The molecule has 0 aliphatic heterocycles. The molecule has 2 aromatic carbocycles. The summed E-state index contributed by atoms with van der Waals surface area (Å²) in [6.07, 6.45) is 3.19. The van der Waals surface area contributed by atoms with E-state index in [0.29, 0.717) is 28.9 Å². The topological polar surface area (TPSA) is 129 Å². The molecule has 0 radical (unpaired) electrons. The first-order chi connectivity index (χ1) is 25.4. The van der Waals surface area contributed by atoms with E-state index in [1.165, 1.54) is 25.5 Å². The van der Waals surface area contributed by atoms with Gasteiger partial charge in [0.2, 0.25) is 16.6 Å². The van der Waals surface area contributed by atoms with Crippen molar-refractivity contribution < 1.29 is 14.4 Å². The minimum atomic E-state index is -0.491. The fourth-order valence-electron chi connectivity index (χ4n) is 5.63. The summed E-state index contributed by atoms with van der Waals surface area (Å²) < 4.78 is 5.21. The van der Waals surface area contributed by atoms with Crippen LogP contribution in [0.4, 0.5) is 0 Å². The number of hydroxylamine groups is 2. The minimum absolute atomic E-state index is 0.0537. The zero-order valence-electron chi connectivity index (χ0n) is 29.0. The maximum atomic E-state index is 13.0. The molecule has 0 saturated carbocycles. The maximum Gasteiger partial charge on any atom is 0.282 e. The number of carbonyl (C=O) groups excluding carboxylic acids is 2. The van der Waals surface area contributed by atoms with Gasteiger partial charge in [-0.3, -0.25) is 24.0 Å². The second kappa shape index (κ2) is 16.3. The number of aromatic nitrogens is 5. The van der Waals surface area contributed by atoms with Crippen LogP contribution >= 0.6 is 43.2 Å². The molecule has 0 aliphatic carbocycles. The Hall–Kier alpha value is -5.15. The van der Waals surface area contributed by atoms with Crippen LogP contribution in [0.25, 0.3) is 21.8 Å². The number of carbonyl (C=O) groups is 2. The van der Waals surface area contributed by atoms with Crippen LogP contribution in [0, 0.1) is 13.8 Å². The summed E-state index contributed by atoms with van der Waals surface area (Å²) in [7, 11) is 2.85. The normalized spacial score (nSPS) is 11.0. The van der Waals surface area contributed by atoms with Crippen molar-refractivity contribution in [3.05, 3.63) is 165 Å². The number of aryl methyl sites for hydroxylation is 2. The SMILES string of the molecule is CON(C)C(=O)c1cn(Cc2cccc(Br)n2)c2ccccc2c1=O.Cc1nc(C(=O)c2cn(Cc3cccc(Br)n3)c3ccccc3c2=O)sc1C. The summed E-state index contributed by atoms with van der Waals surface area (Å²) in [6, 6.07) is 25.8. The van der Waals surface area contributed by atoms with E-state index in [9.17, 15) is 19.2 Å². The van der Waals surface area contributed by atoms with Crippen molar-refractivity contribution in [3.63, 3.8) is 0 Å². The molecular weight excluding hydrogens is 824 g/mol. The van der Waals surface area contributed by atoms with E-state index in [2.05, 4.69) is 46.8 Å². The molecule has 0 fully saturated rings. The number of rotatable bonds is 8. The summed E-state index contributed by atoms with van der Waals surface area (Å²) >= 11 is 8.05. The van der Waals surface area contributed by atoms with E-state index in [4.69, 9.17) is 4.84 Å². The number of ketones is 1. The zero-order chi connectivity index (χ0) is 37.8. The van der Waals surface area contributed by atoms with Crippen molar-refractivity contribution in [2.75, 3.05) is 14.2 Å². The lowest BCUT2D eigenvalue weighted by Crippen LogP contribution is -2.31. The van der Waals surface area contributed by atoms with Gasteiger partial charge in [-0.05, 0) is 94.2 Å². The minimum Gasteiger partial charge on any atom is -0.340 e. The Bertz CT molecular complexity index is 2620. The number of amides is 1. The van der Waals surface area contributed by atoms with Gasteiger partial charge in [0.15, 0.2) is 5.01 Å². The number of pyridine rings is 4. The smallest absolute Gasteiger partial charge is 0.282 e. The molecule has 0 spiro atoms. The molecule has 0 atom stereocenters. The lowest BCUT2D eigenvalue weighted by molar-refractivity contribution is -0.0758. The highest BCUT2D eigenvalue weighted by Gasteiger charge is 2.21. The van der Waals surface area contributed by atoms with Gasteiger partial charge in [0.1, 0.15) is 14.8 Å². The van der Waals surface area contributed by atoms with Crippen molar-refractivity contribution in [2.24, 2.45) is 0 Å². The van der Waals surface area contributed by atoms with Gasteiger partial charge < -0.3 is 9.13 Å². The van der Waals surface area contributed by atoms with Gasteiger partial charge in [0.25, 0.3) is 5.91 Å². The maximum absolute atomic E-state index is 13.0. The van der Waals surface area contributed by atoms with E-state index in [1.807, 2.05) is 83.6 Å². The molecule has 268 valence electrons. The summed E-state index contributed by atoms with van der Waals surface area (Å²) in [5.41, 5.74) is 3.54. The monoisotopic (exact) mass is 854 g/mol. The van der Waals surface area contributed by atoms with E-state index >= 15 is 0 Å². The summed E-state index contributed by atoms with van der Waals surface area (Å²) in [5, 5.41) is 2.36. The Morgan fingerprint density at radius 2 is 1.21 bits per heavy atom. The van der Waals surface area contributed by atoms with Gasteiger partial charge in [-0.2, -0.15) is 0 Å². The van der Waals surface area contributed by atoms with E-state index in [0.717, 1.165) is 47.3 Å². The third-order valence-corrected chi connectivity index (χ3v) is 10.4. The largest absolute Gasteiger partial charge is 0.340 e. The average Bonchev–Trinajstić information content (AvgIpc) is 3.50. The fourth-order valence-corrected chi connectivity index (χ4v) is 7.26. The number of hydrogen-bond donors (Lipinski definition) is 0. The summed E-state index contributed by atoms with van der Waals surface area (Å²) in [5.74, 6) is -0.831. The van der Waals surface area contributed by atoms with Crippen LogP contribution in [-0.4, -0.2) is 55.0 Å². The molecular formula is C39H32Br2N6O5S. The van der Waals surface area contributed by atoms with Gasteiger partial charge in [-0.25, -0.2) is 20.0 Å².